The van der Waals surface area contributed by atoms with E-state index in [2.05, 4.69) is 12.2 Å². The van der Waals surface area contributed by atoms with Crippen molar-refractivity contribution in [1.82, 2.24) is 0 Å². The molecule has 0 fully saturated rings. The Morgan fingerprint density at radius 3 is 3.00 bits per heavy atom. The van der Waals surface area contributed by atoms with E-state index >= 15 is 0 Å². The molecule has 1 atom stereocenters. The van der Waals surface area contributed by atoms with Crippen LogP contribution in [0.1, 0.15) is 32.1 Å². The van der Waals surface area contributed by atoms with Crippen LogP contribution in [-0.2, 0) is 0 Å². The first-order chi connectivity index (χ1) is 4.39. The van der Waals surface area contributed by atoms with E-state index in [1.807, 2.05) is 0 Å². The number of rotatable bonds is 0. The first-order valence-electron chi connectivity index (χ1n) is 3.70. The zero-order valence-electron chi connectivity index (χ0n) is 5.65. The van der Waals surface area contributed by atoms with Gasteiger partial charge in [-0.1, -0.05) is 25.0 Å². The largest absolute Gasteiger partial charge is 0.118 e. The van der Waals surface area contributed by atoms with E-state index in [-0.39, 0.29) is 0 Å². The van der Waals surface area contributed by atoms with Crippen molar-refractivity contribution in [2.75, 3.05) is 0 Å². The summed E-state index contributed by atoms with van der Waals surface area (Å²) in [6.07, 6.45) is 10.7. The molecule has 1 rings (SSSR count). The number of allylic oxidation sites excluding steroid dienone is 2. The summed E-state index contributed by atoms with van der Waals surface area (Å²) in [5.41, 5.74) is 0. The molecule has 0 amide bonds. The molecule has 52 valence electrons. The maximum absolute atomic E-state index is 5.91. The maximum atomic E-state index is 5.91. The highest BCUT2D eigenvalue weighted by Gasteiger charge is 2.00. The summed E-state index contributed by atoms with van der Waals surface area (Å²) in [5, 5.41) is 0.310. The van der Waals surface area contributed by atoms with Gasteiger partial charge in [-0.05, 0) is 19.3 Å². The Morgan fingerprint density at radius 2 is 2.11 bits per heavy atom. The topological polar surface area (TPSA) is 0 Å². The average molecular weight is 145 g/mol. The first kappa shape index (κ1) is 7.14. The fourth-order valence-corrected chi connectivity index (χ4v) is 1.38. The van der Waals surface area contributed by atoms with Gasteiger partial charge in [0.15, 0.2) is 0 Å². The SMILES string of the molecule is ClC1C=CCCCCC1. The zero-order valence-corrected chi connectivity index (χ0v) is 6.40. The fourth-order valence-electron chi connectivity index (χ4n) is 1.12. The lowest BCUT2D eigenvalue weighted by molar-refractivity contribution is 0.641. The summed E-state index contributed by atoms with van der Waals surface area (Å²) >= 11 is 5.91. The fraction of sp³-hybridized carbons (Fsp3) is 0.750. The monoisotopic (exact) mass is 144 g/mol. The molecule has 0 aromatic heterocycles. The Balaban J connectivity index is 2.30. The summed E-state index contributed by atoms with van der Waals surface area (Å²) in [7, 11) is 0. The minimum atomic E-state index is 0.310. The number of hydrogen-bond donors (Lipinski definition) is 0. The molecule has 0 aromatic rings. The summed E-state index contributed by atoms with van der Waals surface area (Å²) in [4.78, 5) is 0. The Hall–Kier alpha value is 0.0300. The highest BCUT2D eigenvalue weighted by molar-refractivity contribution is 6.21. The summed E-state index contributed by atoms with van der Waals surface area (Å²) in [6.45, 7) is 0. The molecule has 1 unspecified atom stereocenters. The Bertz CT molecular complexity index is 96.7. The van der Waals surface area contributed by atoms with E-state index in [0.29, 0.717) is 5.38 Å². The molecule has 1 aliphatic rings. The van der Waals surface area contributed by atoms with Crippen molar-refractivity contribution in [3.8, 4) is 0 Å². The van der Waals surface area contributed by atoms with Crippen LogP contribution in [0.25, 0.3) is 0 Å². The molecule has 1 aliphatic carbocycles. The van der Waals surface area contributed by atoms with Gasteiger partial charge in [0.2, 0.25) is 0 Å². The van der Waals surface area contributed by atoms with Crippen molar-refractivity contribution in [1.29, 1.82) is 0 Å². The van der Waals surface area contributed by atoms with Crippen LogP contribution in [0.2, 0.25) is 0 Å². The van der Waals surface area contributed by atoms with E-state index in [1.165, 1.54) is 25.7 Å². The van der Waals surface area contributed by atoms with Crippen molar-refractivity contribution >= 4 is 11.6 Å². The van der Waals surface area contributed by atoms with Gasteiger partial charge < -0.3 is 0 Å². The third kappa shape index (κ3) is 2.90. The molecular weight excluding hydrogens is 132 g/mol. The summed E-state index contributed by atoms with van der Waals surface area (Å²) in [6, 6.07) is 0. The van der Waals surface area contributed by atoms with Crippen LogP contribution >= 0.6 is 11.6 Å². The van der Waals surface area contributed by atoms with Crippen molar-refractivity contribution in [2.45, 2.75) is 37.5 Å². The van der Waals surface area contributed by atoms with Crippen LogP contribution in [0.5, 0.6) is 0 Å². The number of hydrogen-bond acceptors (Lipinski definition) is 0. The van der Waals surface area contributed by atoms with Crippen molar-refractivity contribution in [3.05, 3.63) is 12.2 Å². The molecule has 0 N–H and O–H groups in total. The van der Waals surface area contributed by atoms with Gasteiger partial charge in [0, 0.05) is 0 Å². The van der Waals surface area contributed by atoms with Gasteiger partial charge in [-0.25, -0.2) is 0 Å². The summed E-state index contributed by atoms with van der Waals surface area (Å²) in [5.74, 6) is 0. The molecule has 0 radical (unpaired) electrons. The van der Waals surface area contributed by atoms with Gasteiger partial charge in [-0.15, -0.1) is 11.6 Å². The van der Waals surface area contributed by atoms with Gasteiger partial charge in [0.25, 0.3) is 0 Å². The third-order valence-electron chi connectivity index (χ3n) is 1.70. The lowest BCUT2D eigenvalue weighted by Gasteiger charge is -2.06. The Labute approximate surface area is 61.9 Å². The van der Waals surface area contributed by atoms with E-state index in [4.69, 9.17) is 11.6 Å². The van der Waals surface area contributed by atoms with Crippen LogP contribution in [-0.4, -0.2) is 5.38 Å². The van der Waals surface area contributed by atoms with Crippen LogP contribution in [0.3, 0.4) is 0 Å². The van der Waals surface area contributed by atoms with Gasteiger partial charge in [-0.3, -0.25) is 0 Å². The second kappa shape index (κ2) is 3.94. The van der Waals surface area contributed by atoms with E-state index < -0.39 is 0 Å². The molecule has 0 nitrogen and oxygen atoms in total. The normalized spacial score (nSPS) is 29.2. The lowest BCUT2D eigenvalue weighted by Crippen LogP contribution is -1.95. The molecule has 0 heterocycles. The predicted octanol–water partition coefficient (Wildman–Crippen LogP) is 3.11. The first-order valence-corrected chi connectivity index (χ1v) is 4.14. The minimum Gasteiger partial charge on any atom is -0.118 e. The van der Waals surface area contributed by atoms with Crippen molar-refractivity contribution in [2.24, 2.45) is 0 Å². The van der Waals surface area contributed by atoms with Crippen LogP contribution < -0.4 is 0 Å². The molecule has 1 heteroatoms. The quantitative estimate of drug-likeness (QED) is 0.362. The van der Waals surface area contributed by atoms with Crippen LogP contribution in [0.4, 0.5) is 0 Å². The molecule has 0 saturated heterocycles. The lowest BCUT2D eigenvalue weighted by atomic mass is 10.1. The number of halogens is 1. The predicted molar refractivity (Wildman–Crippen MR) is 41.9 cm³/mol. The second-order valence-corrected chi connectivity index (χ2v) is 3.14. The second-order valence-electron chi connectivity index (χ2n) is 2.58. The molecule has 0 spiro atoms. The van der Waals surface area contributed by atoms with Gasteiger partial charge >= 0.3 is 0 Å². The molecule has 0 aliphatic heterocycles. The van der Waals surface area contributed by atoms with Crippen molar-refractivity contribution < 1.29 is 0 Å². The molecule has 0 saturated carbocycles. The third-order valence-corrected chi connectivity index (χ3v) is 2.06. The average Bonchev–Trinajstić information content (AvgIpc) is 1.79. The summed E-state index contributed by atoms with van der Waals surface area (Å²) < 4.78 is 0. The van der Waals surface area contributed by atoms with Crippen molar-refractivity contribution in [3.63, 3.8) is 0 Å². The van der Waals surface area contributed by atoms with E-state index in [9.17, 15) is 0 Å². The van der Waals surface area contributed by atoms with Crippen LogP contribution in [0.15, 0.2) is 12.2 Å². The highest BCUT2D eigenvalue weighted by atomic mass is 35.5. The smallest absolute Gasteiger partial charge is 0.0516 e. The standard InChI is InChI=1S/C8H13Cl/c9-8-6-4-2-1-3-5-7-8/h4,6,8H,1-3,5,7H2. The van der Waals surface area contributed by atoms with Gasteiger partial charge in [0.05, 0.1) is 5.38 Å². The molecule has 9 heavy (non-hydrogen) atoms. The van der Waals surface area contributed by atoms with Gasteiger partial charge in [-0.2, -0.15) is 0 Å². The van der Waals surface area contributed by atoms with Crippen LogP contribution in [0, 0.1) is 0 Å². The highest BCUT2D eigenvalue weighted by Crippen LogP contribution is 2.15. The maximum Gasteiger partial charge on any atom is 0.0516 e. The Morgan fingerprint density at radius 1 is 1.22 bits per heavy atom. The van der Waals surface area contributed by atoms with E-state index in [1.54, 1.807) is 0 Å². The van der Waals surface area contributed by atoms with E-state index in [0.717, 1.165) is 6.42 Å². The number of alkyl halides is 1. The van der Waals surface area contributed by atoms with Gasteiger partial charge in [0.1, 0.15) is 0 Å². The molecule has 0 aromatic carbocycles. The molecule has 0 bridgehead atoms. The Kier molecular flexibility index (Phi) is 3.13. The zero-order chi connectivity index (χ0) is 6.53. The minimum absolute atomic E-state index is 0.310. The molecular formula is C8H13Cl.